The normalized spacial score (nSPS) is 13.1. The topological polar surface area (TPSA) is 87.8 Å². The van der Waals surface area contributed by atoms with Crippen molar-refractivity contribution in [2.24, 2.45) is 12.8 Å². The van der Waals surface area contributed by atoms with Gasteiger partial charge in [-0.15, -0.1) is 0 Å². The lowest BCUT2D eigenvalue weighted by Crippen LogP contribution is -2.39. The van der Waals surface area contributed by atoms with Gasteiger partial charge >= 0.3 is 5.69 Å². The third-order valence-corrected chi connectivity index (χ3v) is 3.68. The maximum Gasteiger partial charge on any atom is 0.332 e. The highest BCUT2D eigenvalue weighted by Gasteiger charge is 2.18. The van der Waals surface area contributed by atoms with Crippen LogP contribution in [-0.4, -0.2) is 24.7 Å². The van der Waals surface area contributed by atoms with Crippen LogP contribution in [0.25, 0.3) is 11.2 Å². The monoisotopic (exact) mass is 279 g/mol. The van der Waals surface area contributed by atoms with Gasteiger partial charge in [-0.1, -0.05) is 6.92 Å². The Morgan fingerprint density at radius 1 is 1.25 bits per heavy atom. The molecule has 0 spiro atoms. The van der Waals surface area contributed by atoms with Crippen LogP contribution in [0.3, 0.4) is 0 Å². The Bertz CT molecular complexity index is 753. The van der Waals surface area contributed by atoms with E-state index in [9.17, 15) is 9.59 Å². The van der Waals surface area contributed by atoms with Crippen LogP contribution in [0.5, 0.6) is 0 Å². The number of aryl methyl sites for hydroxylation is 2. The van der Waals surface area contributed by atoms with Gasteiger partial charge in [0.15, 0.2) is 11.2 Å². The number of aromatic nitrogens is 4. The van der Waals surface area contributed by atoms with E-state index in [1.165, 1.54) is 11.6 Å². The fraction of sp³-hybridized carbons (Fsp3) is 0.615. The minimum atomic E-state index is -0.338. The van der Waals surface area contributed by atoms with E-state index in [4.69, 9.17) is 5.73 Å². The fourth-order valence-corrected chi connectivity index (χ4v) is 2.34. The molecule has 0 saturated carbocycles. The van der Waals surface area contributed by atoms with E-state index in [1.54, 1.807) is 0 Å². The van der Waals surface area contributed by atoms with Crippen LogP contribution in [0.2, 0.25) is 0 Å². The van der Waals surface area contributed by atoms with Crippen molar-refractivity contribution in [3.8, 4) is 0 Å². The van der Waals surface area contributed by atoms with Crippen LogP contribution in [0, 0.1) is 6.92 Å². The summed E-state index contributed by atoms with van der Waals surface area (Å²) in [5, 5.41) is 0. The molecule has 2 aromatic heterocycles. The second-order valence-corrected chi connectivity index (χ2v) is 5.00. The smallest absolute Gasteiger partial charge is 0.326 e. The van der Waals surface area contributed by atoms with Crippen molar-refractivity contribution in [1.82, 2.24) is 18.7 Å². The van der Waals surface area contributed by atoms with E-state index < -0.39 is 0 Å². The largest absolute Gasteiger partial charge is 0.332 e. The fourth-order valence-electron chi connectivity index (χ4n) is 2.34. The summed E-state index contributed by atoms with van der Waals surface area (Å²) in [6, 6.07) is -0.0437. The van der Waals surface area contributed by atoms with Crippen molar-refractivity contribution < 1.29 is 0 Å². The molecule has 2 aromatic rings. The standard InChI is InChI=1S/C13H21N5O2/c1-5-9(14)7-18-8(3)15-11-10(18)12(19)16(4)13(20)17(11)6-2/h9H,5-7,14H2,1-4H3. The Balaban J connectivity index is 2.85. The Labute approximate surface area is 116 Å². The minimum Gasteiger partial charge on any atom is -0.326 e. The minimum absolute atomic E-state index is 0.0437. The van der Waals surface area contributed by atoms with Crippen LogP contribution in [-0.2, 0) is 20.1 Å². The van der Waals surface area contributed by atoms with Gasteiger partial charge in [-0.3, -0.25) is 13.9 Å². The number of fused-ring (bicyclic) bond motifs is 1. The molecular formula is C13H21N5O2. The lowest BCUT2D eigenvalue weighted by Gasteiger charge is -2.12. The van der Waals surface area contributed by atoms with Crippen molar-refractivity contribution in [3.63, 3.8) is 0 Å². The summed E-state index contributed by atoms with van der Waals surface area (Å²) in [6.45, 7) is 6.68. The van der Waals surface area contributed by atoms with Crippen LogP contribution in [0.1, 0.15) is 26.1 Å². The van der Waals surface area contributed by atoms with Gasteiger partial charge in [0.05, 0.1) is 0 Å². The van der Waals surface area contributed by atoms with E-state index in [0.717, 1.165) is 11.0 Å². The molecule has 0 amide bonds. The first kappa shape index (κ1) is 14.5. The maximum absolute atomic E-state index is 12.4. The first-order valence-electron chi connectivity index (χ1n) is 6.84. The van der Waals surface area contributed by atoms with E-state index in [1.807, 2.05) is 25.3 Å². The van der Waals surface area contributed by atoms with Crippen LogP contribution >= 0.6 is 0 Å². The van der Waals surface area contributed by atoms with Crippen molar-refractivity contribution >= 4 is 11.2 Å². The number of nitrogens with zero attached hydrogens (tertiary/aromatic N) is 4. The van der Waals surface area contributed by atoms with E-state index in [2.05, 4.69) is 4.98 Å². The van der Waals surface area contributed by atoms with E-state index in [0.29, 0.717) is 30.1 Å². The number of rotatable bonds is 4. The summed E-state index contributed by atoms with van der Waals surface area (Å²) in [6.07, 6.45) is 0.812. The van der Waals surface area contributed by atoms with Gasteiger partial charge in [-0.2, -0.15) is 0 Å². The Hall–Kier alpha value is -1.89. The molecule has 7 nitrogen and oxygen atoms in total. The molecule has 2 heterocycles. The van der Waals surface area contributed by atoms with Gasteiger partial charge in [-0.25, -0.2) is 9.78 Å². The summed E-state index contributed by atoms with van der Waals surface area (Å²) in [5.74, 6) is 0.703. The molecule has 7 heteroatoms. The molecule has 0 radical (unpaired) electrons. The van der Waals surface area contributed by atoms with Crippen LogP contribution in [0.4, 0.5) is 0 Å². The highest BCUT2D eigenvalue weighted by atomic mass is 16.2. The van der Waals surface area contributed by atoms with Crippen molar-refractivity contribution in [2.75, 3.05) is 0 Å². The third kappa shape index (κ3) is 2.07. The van der Waals surface area contributed by atoms with E-state index >= 15 is 0 Å². The molecule has 0 aliphatic carbocycles. The van der Waals surface area contributed by atoms with E-state index in [-0.39, 0.29) is 17.3 Å². The second-order valence-electron chi connectivity index (χ2n) is 5.00. The van der Waals surface area contributed by atoms with Crippen molar-refractivity contribution in [1.29, 1.82) is 0 Å². The first-order valence-corrected chi connectivity index (χ1v) is 6.84. The highest BCUT2D eigenvalue weighted by molar-refractivity contribution is 5.71. The summed E-state index contributed by atoms with van der Waals surface area (Å²) in [7, 11) is 1.49. The van der Waals surface area contributed by atoms with Crippen LogP contribution < -0.4 is 17.0 Å². The zero-order valence-electron chi connectivity index (χ0n) is 12.4. The number of imidazole rings is 1. The summed E-state index contributed by atoms with van der Waals surface area (Å²) in [4.78, 5) is 28.8. The zero-order chi connectivity index (χ0) is 15.0. The van der Waals surface area contributed by atoms with Gasteiger partial charge in [0.2, 0.25) is 0 Å². The SMILES string of the molecule is CCC(N)Cn1c(C)nc2c1c(=O)n(C)c(=O)n2CC. The molecular weight excluding hydrogens is 258 g/mol. The zero-order valence-corrected chi connectivity index (χ0v) is 12.4. The molecule has 0 aromatic carbocycles. The Morgan fingerprint density at radius 3 is 2.45 bits per heavy atom. The molecule has 0 aliphatic rings. The molecule has 0 bridgehead atoms. The molecule has 20 heavy (non-hydrogen) atoms. The molecule has 0 aliphatic heterocycles. The van der Waals surface area contributed by atoms with Gasteiger partial charge in [0.1, 0.15) is 5.82 Å². The molecule has 110 valence electrons. The molecule has 1 atom stereocenters. The first-order chi connectivity index (χ1) is 9.42. The number of hydrogen-bond donors (Lipinski definition) is 1. The van der Waals surface area contributed by atoms with Gasteiger partial charge in [0.25, 0.3) is 5.56 Å². The van der Waals surface area contributed by atoms with Gasteiger partial charge < -0.3 is 10.3 Å². The van der Waals surface area contributed by atoms with Crippen molar-refractivity contribution in [2.45, 2.75) is 46.3 Å². The number of hydrogen-bond acceptors (Lipinski definition) is 4. The molecule has 0 fully saturated rings. The third-order valence-electron chi connectivity index (χ3n) is 3.68. The Morgan fingerprint density at radius 2 is 1.90 bits per heavy atom. The Kier molecular flexibility index (Phi) is 3.80. The van der Waals surface area contributed by atoms with Gasteiger partial charge in [-0.05, 0) is 20.3 Å². The average molecular weight is 279 g/mol. The summed E-state index contributed by atoms with van der Waals surface area (Å²) in [5.41, 5.74) is 6.23. The lowest BCUT2D eigenvalue weighted by molar-refractivity contribution is 0.537. The lowest BCUT2D eigenvalue weighted by atomic mass is 10.2. The quantitative estimate of drug-likeness (QED) is 0.850. The maximum atomic E-state index is 12.4. The van der Waals surface area contributed by atoms with Crippen LogP contribution in [0.15, 0.2) is 9.59 Å². The highest BCUT2D eigenvalue weighted by Crippen LogP contribution is 2.12. The average Bonchev–Trinajstić information content (AvgIpc) is 2.74. The predicted octanol–water partition coefficient (Wildman–Crippen LogP) is -0.0377. The molecule has 2 N–H and O–H groups in total. The van der Waals surface area contributed by atoms with Gasteiger partial charge in [0, 0.05) is 26.2 Å². The molecule has 1 unspecified atom stereocenters. The molecule has 2 rings (SSSR count). The summed E-state index contributed by atoms with van der Waals surface area (Å²) < 4.78 is 4.45. The number of nitrogens with two attached hydrogens (primary N) is 1. The van der Waals surface area contributed by atoms with Crippen molar-refractivity contribution in [3.05, 3.63) is 26.7 Å². The predicted molar refractivity (Wildman–Crippen MR) is 77.9 cm³/mol. The summed E-state index contributed by atoms with van der Waals surface area (Å²) >= 11 is 0. The second kappa shape index (κ2) is 5.24. The molecule has 0 saturated heterocycles.